The fourth-order valence-electron chi connectivity index (χ4n) is 1.92. The largest absolute Gasteiger partial charge is 0.331 e. The third-order valence-electron chi connectivity index (χ3n) is 2.58. The van der Waals surface area contributed by atoms with Crippen molar-refractivity contribution in [3.05, 3.63) is 18.2 Å². The lowest BCUT2D eigenvalue weighted by atomic mass is 9.85. The molecule has 1 aromatic heterocycles. The molecule has 1 atom stereocenters. The average molecular weight is 180 g/mol. The van der Waals surface area contributed by atoms with Crippen LogP contribution < -0.4 is 0 Å². The summed E-state index contributed by atoms with van der Waals surface area (Å²) in [4.78, 5) is 4.17. The van der Waals surface area contributed by atoms with E-state index < -0.39 is 0 Å². The van der Waals surface area contributed by atoms with Gasteiger partial charge in [-0.3, -0.25) is 0 Å². The van der Waals surface area contributed by atoms with Crippen molar-refractivity contribution >= 4 is 0 Å². The molecule has 0 aliphatic heterocycles. The lowest BCUT2D eigenvalue weighted by Crippen LogP contribution is -2.24. The predicted octanol–water partition coefficient (Wildman–Crippen LogP) is 3.19. The molecule has 0 aliphatic carbocycles. The number of hydrogen-bond donors (Lipinski definition) is 0. The van der Waals surface area contributed by atoms with Gasteiger partial charge >= 0.3 is 0 Å². The minimum absolute atomic E-state index is 0.306. The van der Waals surface area contributed by atoms with Crippen LogP contribution >= 0.6 is 0 Å². The number of aryl methyl sites for hydroxylation is 1. The lowest BCUT2D eigenvalue weighted by molar-refractivity contribution is 0.232. The van der Waals surface area contributed by atoms with Gasteiger partial charge in [-0.1, -0.05) is 27.7 Å². The summed E-state index contributed by atoms with van der Waals surface area (Å²) in [6.45, 7) is 11.2. The molecule has 2 heteroatoms. The quantitative estimate of drug-likeness (QED) is 0.683. The summed E-state index contributed by atoms with van der Waals surface area (Å²) in [7, 11) is 0. The fraction of sp³-hybridized carbons (Fsp3) is 0.727. The van der Waals surface area contributed by atoms with Gasteiger partial charge < -0.3 is 4.57 Å². The van der Waals surface area contributed by atoms with Gasteiger partial charge in [-0.25, -0.2) is 4.98 Å². The van der Waals surface area contributed by atoms with Gasteiger partial charge in [-0.05, 0) is 18.8 Å². The Labute approximate surface area is 81.0 Å². The number of imidazole rings is 1. The smallest absolute Gasteiger partial charge is 0.0950 e. The van der Waals surface area contributed by atoms with Crippen molar-refractivity contribution in [1.29, 1.82) is 0 Å². The second kappa shape index (κ2) is 3.52. The predicted molar refractivity (Wildman–Crippen MR) is 55.7 cm³/mol. The maximum Gasteiger partial charge on any atom is 0.0950 e. The van der Waals surface area contributed by atoms with E-state index >= 15 is 0 Å². The van der Waals surface area contributed by atoms with E-state index in [9.17, 15) is 0 Å². The summed E-state index contributed by atoms with van der Waals surface area (Å²) in [5.41, 5.74) is 1.56. The lowest BCUT2D eigenvalue weighted by Gasteiger charge is -2.31. The van der Waals surface area contributed by atoms with Crippen molar-refractivity contribution in [3.63, 3.8) is 0 Å². The Morgan fingerprint density at radius 3 is 2.38 bits per heavy atom. The van der Waals surface area contributed by atoms with Gasteiger partial charge in [0.05, 0.1) is 6.33 Å². The van der Waals surface area contributed by atoms with Crippen LogP contribution in [0, 0.1) is 12.3 Å². The molecule has 0 aliphatic rings. The minimum atomic E-state index is 0.306. The maximum atomic E-state index is 4.17. The maximum absolute atomic E-state index is 4.17. The third-order valence-corrected chi connectivity index (χ3v) is 2.58. The first-order valence-electron chi connectivity index (χ1n) is 4.95. The van der Waals surface area contributed by atoms with Crippen LogP contribution in [0.25, 0.3) is 0 Å². The number of aromatic nitrogens is 2. The molecule has 0 fully saturated rings. The van der Waals surface area contributed by atoms with E-state index in [0.29, 0.717) is 11.5 Å². The second-order valence-electron chi connectivity index (χ2n) is 4.73. The first-order chi connectivity index (χ1) is 5.96. The van der Waals surface area contributed by atoms with E-state index in [-0.39, 0.29) is 0 Å². The van der Waals surface area contributed by atoms with E-state index in [1.807, 2.05) is 12.5 Å². The van der Waals surface area contributed by atoms with Crippen LogP contribution in [0.5, 0.6) is 0 Å². The Bertz CT molecular complexity index is 268. The van der Waals surface area contributed by atoms with Crippen LogP contribution in [-0.4, -0.2) is 9.55 Å². The molecule has 0 amide bonds. The van der Waals surface area contributed by atoms with Crippen LogP contribution in [-0.2, 0) is 0 Å². The van der Waals surface area contributed by atoms with Gasteiger partial charge in [0, 0.05) is 17.9 Å². The van der Waals surface area contributed by atoms with Crippen LogP contribution in [0.15, 0.2) is 12.5 Å². The molecule has 0 radical (unpaired) electrons. The van der Waals surface area contributed by atoms with Crippen LogP contribution in [0.1, 0.15) is 45.9 Å². The van der Waals surface area contributed by atoms with E-state index in [2.05, 4.69) is 44.2 Å². The molecule has 0 saturated carbocycles. The third kappa shape index (κ3) is 2.11. The summed E-state index contributed by atoms with van der Waals surface area (Å²) in [6, 6.07) is 0.551. The fourth-order valence-corrected chi connectivity index (χ4v) is 1.92. The molecular formula is C11H20N2. The van der Waals surface area contributed by atoms with Gasteiger partial charge in [0.15, 0.2) is 0 Å². The van der Waals surface area contributed by atoms with Gasteiger partial charge in [0.1, 0.15) is 0 Å². The van der Waals surface area contributed by atoms with Crippen molar-refractivity contribution in [3.8, 4) is 0 Å². The highest BCUT2D eigenvalue weighted by Gasteiger charge is 2.24. The topological polar surface area (TPSA) is 17.8 Å². The zero-order valence-electron chi connectivity index (χ0n) is 9.33. The summed E-state index contributed by atoms with van der Waals surface area (Å²) < 4.78 is 2.28. The molecule has 74 valence electrons. The van der Waals surface area contributed by atoms with E-state index in [1.165, 1.54) is 5.69 Å². The molecule has 1 rings (SSSR count). The summed E-state index contributed by atoms with van der Waals surface area (Å²) in [5, 5.41) is 0. The molecule has 0 N–H and O–H groups in total. The molecule has 1 unspecified atom stereocenters. The molecular weight excluding hydrogens is 160 g/mol. The van der Waals surface area contributed by atoms with Crippen molar-refractivity contribution in [1.82, 2.24) is 9.55 Å². The van der Waals surface area contributed by atoms with Crippen molar-refractivity contribution in [2.75, 3.05) is 0 Å². The Kier molecular flexibility index (Phi) is 2.79. The first-order valence-corrected chi connectivity index (χ1v) is 4.95. The SMILES string of the molecule is CCC(n1cncc1C)C(C)(C)C. The van der Waals surface area contributed by atoms with Crippen molar-refractivity contribution in [2.24, 2.45) is 5.41 Å². The summed E-state index contributed by atoms with van der Waals surface area (Å²) in [5.74, 6) is 0. The zero-order chi connectivity index (χ0) is 10.1. The Morgan fingerprint density at radius 2 is 2.08 bits per heavy atom. The first kappa shape index (κ1) is 10.3. The highest BCUT2D eigenvalue weighted by molar-refractivity contribution is 4.98. The van der Waals surface area contributed by atoms with Crippen LogP contribution in [0.2, 0.25) is 0 Å². The summed E-state index contributed by atoms with van der Waals surface area (Å²) >= 11 is 0. The highest BCUT2D eigenvalue weighted by Crippen LogP contribution is 2.33. The van der Waals surface area contributed by atoms with E-state index in [1.54, 1.807) is 0 Å². The molecule has 0 aromatic carbocycles. The number of hydrogen-bond acceptors (Lipinski definition) is 1. The Morgan fingerprint density at radius 1 is 1.46 bits per heavy atom. The molecule has 1 aromatic rings. The number of rotatable bonds is 2. The van der Waals surface area contributed by atoms with Gasteiger partial charge in [-0.2, -0.15) is 0 Å². The second-order valence-corrected chi connectivity index (χ2v) is 4.73. The Balaban J connectivity index is 2.98. The van der Waals surface area contributed by atoms with Crippen LogP contribution in [0.4, 0.5) is 0 Å². The van der Waals surface area contributed by atoms with Crippen molar-refractivity contribution in [2.45, 2.75) is 47.1 Å². The molecule has 13 heavy (non-hydrogen) atoms. The average Bonchev–Trinajstić information content (AvgIpc) is 2.35. The molecule has 2 nitrogen and oxygen atoms in total. The number of nitrogens with zero attached hydrogens (tertiary/aromatic N) is 2. The molecule has 1 heterocycles. The zero-order valence-corrected chi connectivity index (χ0v) is 9.33. The molecule has 0 bridgehead atoms. The van der Waals surface area contributed by atoms with Crippen molar-refractivity contribution < 1.29 is 0 Å². The van der Waals surface area contributed by atoms with Gasteiger partial charge in [-0.15, -0.1) is 0 Å². The minimum Gasteiger partial charge on any atom is -0.331 e. The van der Waals surface area contributed by atoms with E-state index in [0.717, 1.165) is 6.42 Å². The van der Waals surface area contributed by atoms with Gasteiger partial charge in [0.25, 0.3) is 0 Å². The normalized spacial score (nSPS) is 14.5. The Hall–Kier alpha value is -0.790. The standard InChI is InChI=1S/C11H20N2/c1-6-10(11(3,4)5)13-8-12-7-9(13)2/h7-8,10H,6H2,1-5H3. The molecule has 0 spiro atoms. The van der Waals surface area contributed by atoms with Gasteiger partial charge in [0.2, 0.25) is 0 Å². The highest BCUT2D eigenvalue weighted by atomic mass is 15.1. The van der Waals surface area contributed by atoms with E-state index in [4.69, 9.17) is 0 Å². The molecule has 0 saturated heterocycles. The monoisotopic (exact) mass is 180 g/mol. The summed E-state index contributed by atoms with van der Waals surface area (Å²) in [6.07, 6.45) is 5.02. The van der Waals surface area contributed by atoms with Crippen LogP contribution in [0.3, 0.4) is 0 Å².